The van der Waals surface area contributed by atoms with Crippen molar-refractivity contribution in [1.82, 2.24) is 0 Å². The predicted molar refractivity (Wildman–Crippen MR) is 98.8 cm³/mol. The van der Waals surface area contributed by atoms with Crippen LogP contribution in [0.2, 0.25) is 0 Å². The van der Waals surface area contributed by atoms with Gasteiger partial charge in [0.05, 0.1) is 11.6 Å². The third-order valence-corrected chi connectivity index (χ3v) is 3.81. The Morgan fingerprint density at radius 2 is 1.36 bits per heavy atom. The topological polar surface area (TPSA) is 42.2 Å². The quantitative estimate of drug-likeness (QED) is 0.598. The van der Waals surface area contributed by atoms with Crippen LogP contribution in [0.4, 0.5) is 0 Å². The van der Waals surface area contributed by atoms with Crippen molar-refractivity contribution in [2.24, 2.45) is 0 Å². The van der Waals surface area contributed by atoms with E-state index < -0.39 is 0 Å². The van der Waals surface area contributed by atoms with Crippen LogP contribution in [0.25, 0.3) is 11.1 Å². The van der Waals surface area contributed by atoms with Gasteiger partial charge >= 0.3 is 0 Å². The van der Waals surface area contributed by atoms with Gasteiger partial charge in [-0.25, -0.2) is 0 Å². The Morgan fingerprint density at radius 1 is 0.760 bits per heavy atom. The normalized spacial score (nSPS) is 10.1. The van der Waals surface area contributed by atoms with Gasteiger partial charge in [0.2, 0.25) is 0 Å². The molecule has 3 nitrogen and oxygen atoms in total. The molecular weight excluding hydrogens is 310 g/mol. The van der Waals surface area contributed by atoms with E-state index in [-0.39, 0.29) is 0 Å². The van der Waals surface area contributed by atoms with Crippen LogP contribution in [-0.2, 0) is 0 Å². The highest BCUT2D eigenvalue weighted by atomic mass is 16.5. The second-order valence-corrected chi connectivity index (χ2v) is 5.73. The molecule has 0 spiro atoms. The van der Waals surface area contributed by atoms with Gasteiger partial charge in [-0.1, -0.05) is 36.4 Å². The van der Waals surface area contributed by atoms with E-state index in [0.717, 1.165) is 22.6 Å². The number of hydrogen-bond donors (Lipinski definition) is 0. The Bertz CT molecular complexity index is 862. The van der Waals surface area contributed by atoms with Crippen molar-refractivity contribution in [2.75, 3.05) is 13.2 Å². The van der Waals surface area contributed by atoms with E-state index in [1.807, 2.05) is 79.7 Å². The molecule has 0 saturated carbocycles. The minimum atomic E-state index is 0.490. The number of nitriles is 1. The van der Waals surface area contributed by atoms with E-state index in [1.54, 1.807) is 0 Å². The molecule has 124 valence electrons. The van der Waals surface area contributed by atoms with Crippen molar-refractivity contribution in [3.8, 4) is 28.7 Å². The lowest BCUT2D eigenvalue weighted by Crippen LogP contribution is -2.08. The van der Waals surface area contributed by atoms with Gasteiger partial charge in [0.15, 0.2) is 0 Å². The van der Waals surface area contributed by atoms with Crippen LogP contribution in [0.3, 0.4) is 0 Å². The van der Waals surface area contributed by atoms with Crippen LogP contribution in [0, 0.1) is 18.3 Å². The predicted octanol–water partition coefficient (Wildman–Crippen LogP) is 4.99. The van der Waals surface area contributed by atoms with E-state index in [9.17, 15) is 0 Å². The van der Waals surface area contributed by atoms with E-state index in [2.05, 4.69) is 6.07 Å². The molecule has 0 atom stereocenters. The smallest absolute Gasteiger partial charge is 0.122 e. The monoisotopic (exact) mass is 329 g/mol. The Morgan fingerprint density at radius 3 is 1.96 bits per heavy atom. The van der Waals surface area contributed by atoms with Crippen molar-refractivity contribution >= 4 is 0 Å². The minimum absolute atomic E-state index is 0.490. The zero-order valence-electron chi connectivity index (χ0n) is 14.1. The lowest BCUT2D eigenvalue weighted by Gasteiger charge is -2.09. The summed E-state index contributed by atoms with van der Waals surface area (Å²) in [5.74, 6) is 1.67. The molecule has 3 rings (SSSR count). The third kappa shape index (κ3) is 4.62. The maximum absolute atomic E-state index is 8.85. The zero-order valence-corrected chi connectivity index (χ0v) is 14.1. The SMILES string of the molecule is Cc1cccc(OCCOc2ccc(-c3ccc(C#N)cc3)cc2)c1. The van der Waals surface area contributed by atoms with Crippen molar-refractivity contribution in [3.63, 3.8) is 0 Å². The summed E-state index contributed by atoms with van der Waals surface area (Å²) in [4.78, 5) is 0. The molecule has 0 N–H and O–H groups in total. The molecule has 0 heterocycles. The van der Waals surface area contributed by atoms with Gasteiger partial charge in [0.1, 0.15) is 24.7 Å². The first-order chi connectivity index (χ1) is 12.2. The summed E-state index contributed by atoms with van der Waals surface area (Å²) in [5.41, 5.74) is 4.01. The maximum Gasteiger partial charge on any atom is 0.122 e. The van der Waals surface area contributed by atoms with Gasteiger partial charge in [-0.2, -0.15) is 5.26 Å². The maximum atomic E-state index is 8.85. The Balaban J connectivity index is 1.51. The van der Waals surface area contributed by atoms with Gasteiger partial charge in [0, 0.05) is 0 Å². The fraction of sp³-hybridized carbons (Fsp3) is 0.136. The molecule has 0 radical (unpaired) electrons. The highest BCUT2D eigenvalue weighted by molar-refractivity contribution is 5.64. The molecule has 0 aromatic heterocycles. The van der Waals surface area contributed by atoms with Crippen LogP contribution in [-0.4, -0.2) is 13.2 Å². The summed E-state index contributed by atoms with van der Waals surface area (Å²) in [6.07, 6.45) is 0. The summed E-state index contributed by atoms with van der Waals surface area (Å²) in [7, 11) is 0. The summed E-state index contributed by atoms with van der Waals surface area (Å²) in [6, 6.07) is 25.6. The Kier molecular flexibility index (Phi) is 5.33. The summed E-state index contributed by atoms with van der Waals surface area (Å²) in [6.45, 7) is 3.03. The van der Waals surface area contributed by atoms with Crippen LogP contribution < -0.4 is 9.47 Å². The van der Waals surface area contributed by atoms with Crippen LogP contribution in [0.1, 0.15) is 11.1 Å². The van der Waals surface area contributed by atoms with Crippen molar-refractivity contribution in [3.05, 3.63) is 83.9 Å². The fourth-order valence-corrected chi connectivity index (χ4v) is 2.50. The van der Waals surface area contributed by atoms with E-state index in [1.165, 1.54) is 5.56 Å². The lowest BCUT2D eigenvalue weighted by atomic mass is 10.0. The molecule has 0 saturated heterocycles. The van der Waals surface area contributed by atoms with E-state index >= 15 is 0 Å². The van der Waals surface area contributed by atoms with Gasteiger partial charge < -0.3 is 9.47 Å². The standard InChI is InChI=1S/C22H19NO2/c1-17-3-2-4-22(15-17)25-14-13-24-21-11-9-20(10-12-21)19-7-5-18(16-23)6-8-19/h2-12,15H,13-14H2,1H3. The van der Waals surface area contributed by atoms with Crippen molar-refractivity contribution < 1.29 is 9.47 Å². The largest absolute Gasteiger partial charge is 0.490 e. The fourth-order valence-electron chi connectivity index (χ4n) is 2.50. The number of aryl methyl sites for hydroxylation is 1. The second-order valence-electron chi connectivity index (χ2n) is 5.73. The van der Waals surface area contributed by atoms with Gasteiger partial charge in [-0.05, 0) is 60.0 Å². The molecule has 0 bridgehead atoms. The van der Waals surface area contributed by atoms with Crippen LogP contribution >= 0.6 is 0 Å². The zero-order chi connectivity index (χ0) is 17.5. The second kappa shape index (κ2) is 8.03. The van der Waals surface area contributed by atoms with Crippen molar-refractivity contribution in [2.45, 2.75) is 6.92 Å². The minimum Gasteiger partial charge on any atom is -0.490 e. The number of ether oxygens (including phenoxy) is 2. The molecule has 0 aliphatic rings. The molecule has 3 heteroatoms. The first kappa shape index (κ1) is 16.6. The molecule has 0 aliphatic carbocycles. The van der Waals surface area contributed by atoms with Gasteiger partial charge in [-0.3, -0.25) is 0 Å². The molecule has 3 aromatic carbocycles. The first-order valence-corrected chi connectivity index (χ1v) is 8.17. The third-order valence-electron chi connectivity index (χ3n) is 3.81. The van der Waals surface area contributed by atoms with E-state index in [4.69, 9.17) is 14.7 Å². The van der Waals surface area contributed by atoms with Gasteiger partial charge in [-0.15, -0.1) is 0 Å². The number of nitrogens with zero attached hydrogens (tertiary/aromatic N) is 1. The molecule has 3 aromatic rings. The Labute approximate surface area is 148 Å². The molecule has 25 heavy (non-hydrogen) atoms. The van der Waals surface area contributed by atoms with E-state index in [0.29, 0.717) is 18.8 Å². The Hall–Kier alpha value is -3.25. The molecular formula is C22H19NO2. The van der Waals surface area contributed by atoms with Crippen LogP contribution in [0.15, 0.2) is 72.8 Å². The molecule has 0 amide bonds. The number of rotatable bonds is 6. The summed E-state index contributed by atoms with van der Waals surface area (Å²) >= 11 is 0. The average Bonchev–Trinajstić information content (AvgIpc) is 2.66. The summed E-state index contributed by atoms with van der Waals surface area (Å²) in [5, 5.41) is 8.85. The van der Waals surface area contributed by atoms with Crippen LogP contribution in [0.5, 0.6) is 11.5 Å². The first-order valence-electron chi connectivity index (χ1n) is 8.17. The number of hydrogen-bond acceptors (Lipinski definition) is 3. The molecule has 0 aliphatic heterocycles. The average molecular weight is 329 g/mol. The number of benzene rings is 3. The van der Waals surface area contributed by atoms with Crippen molar-refractivity contribution in [1.29, 1.82) is 5.26 Å². The van der Waals surface area contributed by atoms with Gasteiger partial charge in [0.25, 0.3) is 0 Å². The highest BCUT2D eigenvalue weighted by Crippen LogP contribution is 2.22. The molecule has 0 unspecified atom stereocenters. The highest BCUT2D eigenvalue weighted by Gasteiger charge is 2.00. The lowest BCUT2D eigenvalue weighted by molar-refractivity contribution is 0.217. The molecule has 0 fully saturated rings. The summed E-state index contributed by atoms with van der Waals surface area (Å²) < 4.78 is 11.4.